The molecule has 4 aromatic rings. The van der Waals surface area contributed by atoms with Crippen molar-refractivity contribution in [2.24, 2.45) is 5.73 Å². The number of allylic oxidation sites excluding steroid dienone is 1. The largest absolute Gasteiger partial charge is 0.440 e. The number of nitriles is 1. The van der Waals surface area contributed by atoms with E-state index in [4.69, 9.17) is 10.5 Å². The molecule has 3 nitrogen and oxygen atoms in total. The third kappa shape index (κ3) is 2.83. The van der Waals surface area contributed by atoms with Crippen LogP contribution in [-0.2, 0) is 0 Å². The van der Waals surface area contributed by atoms with Gasteiger partial charge in [0.2, 0.25) is 5.88 Å². The summed E-state index contributed by atoms with van der Waals surface area (Å²) in [4.78, 5) is 0. The molecule has 1 heterocycles. The standard InChI is InChI=1S/C26H18N2O/c27-16-23-24(20-12-10-18(11-13-20)17-6-2-1-3-7-17)22-15-14-19-8-4-5-9-21(19)25(22)29-26(23)28/h1-15,24H,28H2. The van der Waals surface area contributed by atoms with Crippen molar-refractivity contribution < 1.29 is 4.74 Å². The molecule has 0 radical (unpaired) electrons. The molecule has 2 N–H and O–H groups in total. The second-order valence-electron chi connectivity index (χ2n) is 7.12. The monoisotopic (exact) mass is 374 g/mol. The lowest BCUT2D eigenvalue weighted by atomic mass is 9.82. The molecule has 0 spiro atoms. The van der Waals surface area contributed by atoms with Crippen LogP contribution in [0.1, 0.15) is 17.0 Å². The van der Waals surface area contributed by atoms with Gasteiger partial charge in [-0.3, -0.25) is 0 Å². The summed E-state index contributed by atoms with van der Waals surface area (Å²) in [5, 5.41) is 11.9. The van der Waals surface area contributed by atoms with Gasteiger partial charge in [0.1, 0.15) is 17.4 Å². The van der Waals surface area contributed by atoms with Crippen LogP contribution in [0.15, 0.2) is 102 Å². The van der Waals surface area contributed by atoms with Crippen molar-refractivity contribution in [3.8, 4) is 22.9 Å². The van der Waals surface area contributed by atoms with Gasteiger partial charge in [-0.2, -0.15) is 5.26 Å². The van der Waals surface area contributed by atoms with Gasteiger partial charge in [0.15, 0.2) is 0 Å². The number of hydrogen-bond donors (Lipinski definition) is 1. The van der Waals surface area contributed by atoms with Crippen LogP contribution in [0.4, 0.5) is 0 Å². The zero-order chi connectivity index (χ0) is 19.8. The lowest BCUT2D eigenvalue weighted by Crippen LogP contribution is -2.21. The van der Waals surface area contributed by atoms with Crippen LogP contribution < -0.4 is 10.5 Å². The molecule has 29 heavy (non-hydrogen) atoms. The van der Waals surface area contributed by atoms with Crippen LogP contribution in [-0.4, -0.2) is 0 Å². The van der Waals surface area contributed by atoms with Gasteiger partial charge in [-0.25, -0.2) is 0 Å². The Kier molecular flexibility index (Phi) is 4.04. The molecular weight excluding hydrogens is 356 g/mol. The van der Waals surface area contributed by atoms with Crippen molar-refractivity contribution in [2.45, 2.75) is 5.92 Å². The quantitative estimate of drug-likeness (QED) is 0.488. The maximum atomic E-state index is 9.80. The van der Waals surface area contributed by atoms with Crippen LogP contribution in [0.25, 0.3) is 21.9 Å². The summed E-state index contributed by atoms with van der Waals surface area (Å²) < 4.78 is 5.93. The predicted octanol–water partition coefficient (Wildman–Crippen LogP) is 5.72. The summed E-state index contributed by atoms with van der Waals surface area (Å²) in [7, 11) is 0. The second-order valence-corrected chi connectivity index (χ2v) is 7.12. The lowest BCUT2D eigenvalue weighted by Gasteiger charge is -2.27. The topological polar surface area (TPSA) is 59.0 Å². The van der Waals surface area contributed by atoms with E-state index >= 15 is 0 Å². The molecule has 3 heteroatoms. The maximum absolute atomic E-state index is 9.80. The van der Waals surface area contributed by atoms with Gasteiger partial charge in [-0.1, -0.05) is 91.0 Å². The molecule has 0 saturated carbocycles. The highest BCUT2D eigenvalue weighted by atomic mass is 16.5. The number of nitrogens with zero attached hydrogens (tertiary/aromatic N) is 1. The fourth-order valence-corrected chi connectivity index (χ4v) is 4.03. The number of rotatable bonds is 2. The molecule has 0 fully saturated rings. The van der Waals surface area contributed by atoms with E-state index in [2.05, 4.69) is 48.5 Å². The van der Waals surface area contributed by atoms with E-state index in [1.807, 2.05) is 48.5 Å². The first kappa shape index (κ1) is 17.1. The van der Waals surface area contributed by atoms with Crippen molar-refractivity contribution in [3.63, 3.8) is 0 Å². The number of hydrogen-bond acceptors (Lipinski definition) is 3. The molecule has 0 aliphatic carbocycles. The van der Waals surface area contributed by atoms with E-state index in [1.54, 1.807) is 0 Å². The van der Waals surface area contributed by atoms with Crippen molar-refractivity contribution in [2.75, 3.05) is 0 Å². The molecule has 4 aromatic carbocycles. The van der Waals surface area contributed by atoms with Gasteiger partial charge in [-0.05, 0) is 22.1 Å². The first-order valence-corrected chi connectivity index (χ1v) is 9.51. The normalized spacial score (nSPS) is 15.5. The lowest BCUT2D eigenvalue weighted by molar-refractivity contribution is 0.398. The van der Waals surface area contributed by atoms with Crippen LogP contribution in [0, 0.1) is 11.3 Å². The van der Waals surface area contributed by atoms with Crippen molar-refractivity contribution in [1.29, 1.82) is 5.26 Å². The fourth-order valence-electron chi connectivity index (χ4n) is 4.03. The maximum Gasteiger partial charge on any atom is 0.205 e. The minimum atomic E-state index is -0.252. The summed E-state index contributed by atoms with van der Waals surface area (Å²) in [5.41, 5.74) is 10.9. The minimum Gasteiger partial charge on any atom is -0.440 e. The molecular formula is C26H18N2O. The minimum absolute atomic E-state index is 0.175. The molecule has 0 saturated heterocycles. The highest BCUT2D eigenvalue weighted by molar-refractivity contribution is 5.91. The zero-order valence-electron chi connectivity index (χ0n) is 15.7. The van der Waals surface area contributed by atoms with E-state index in [0.29, 0.717) is 5.57 Å². The van der Waals surface area contributed by atoms with Crippen molar-refractivity contribution in [1.82, 2.24) is 0 Å². The first-order valence-electron chi connectivity index (χ1n) is 9.51. The van der Waals surface area contributed by atoms with E-state index in [0.717, 1.165) is 38.8 Å². The zero-order valence-corrected chi connectivity index (χ0v) is 15.7. The van der Waals surface area contributed by atoms with E-state index in [9.17, 15) is 5.26 Å². The molecule has 1 aliphatic rings. The molecule has 1 aliphatic heterocycles. The Bertz CT molecular complexity index is 1280. The summed E-state index contributed by atoms with van der Waals surface area (Å²) in [6.07, 6.45) is 0. The van der Waals surface area contributed by atoms with E-state index in [-0.39, 0.29) is 11.8 Å². The summed E-state index contributed by atoms with van der Waals surface area (Å²) in [6.45, 7) is 0. The smallest absolute Gasteiger partial charge is 0.205 e. The van der Waals surface area contributed by atoms with Gasteiger partial charge in [-0.15, -0.1) is 0 Å². The number of ether oxygens (including phenoxy) is 1. The Labute approximate surface area is 169 Å². The molecule has 5 rings (SSSR count). The number of fused-ring (bicyclic) bond motifs is 3. The van der Waals surface area contributed by atoms with Gasteiger partial charge in [0.05, 0.1) is 5.92 Å². The number of nitrogens with two attached hydrogens (primary N) is 1. The van der Waals surface area contributed by atoms with Gasteiger partial charge >= 0.3 is 0 Å². The van der Waals surface area contributed by atoms with Gasteiger partial charge in [0.25, 0.3) is 0 Å². The molecule has 1 unspecified atom stereocenters. The van der Waals surface area contributed by atoms with Gasteiger partial charge < -0.3 is 10.5 Å². The highest BCUT2D eigenvalue weighted by Crippen LogP contribution is 2.45. The summed E-state index contributed by atoms with van der Waals surface area (Å²) in [6, 6.07) is 33.0. The van der Waals surface area contributed by atoms with Crippen LogP contribution in [0.5, 0.6) is 5.75 Å². The van der Waals surface area contributed by atoms with Crippen LogP contribution in [0.2, 0.25) is 0 Å². The van der Waals surface area contributed by atoms with E-state index in [1.165, 1.54) is 0 Å². The fraction of sp³-hybridized carbons (Fsp3) is 0.0385. The van der Waals surface area contributed by atoms with Gasteiger partial charge in [0, 0.05) is 10.9 Å². The molecule has 138 valence electrons. The Balaban J connectivity index is 1.66. The second kappa shape index (κ2) is 6.85. The molecule has 0 amide bonds. The van der Waals surface area contributed by atoms with E-state index < -0.39 is 0 Å². The third-order valence-electron chi connectivity index (χ3n) is 5.46. The predicted molar refractivity (Wildman–Crippen MR) is 115 cm³/mol. The molecule has 0 aromatic heterocycles. The SMILES string of the molecule is N#CC1=C(N)Oc2c(ccc3ccccc23)C1c1ccc(-c2ccccc2)cc1. The van der Waals surface area contributed by atoms with Crippen molar-refractivity contribution >= 4 is 10.8 Å². The number of benzene rings is 4. The molecule has 1 atom stereocenters. The Hall–Kier alpha value is -4.03. The van der Waals surface area contributed by atoms with Crippen molar-refractivity contribution in [3.05, 3.63) is 114 Å². The Morgan fingerprint density at radius 2 is 1.45 bits per heavy atom. The van der Waals surface area contributed by atoms with Crippen LogP contribution >= 0.6 is 0 Å². The Morgan fingerprint density at radius 3 is 2.21 bits per heavy atom. The average molecular weight is 374 g/mol. The molecule has 0 bridgehead atoms. The third-order valence-corrected chi connectivity index (χ3v) is 5.46. The average Bonchev–Trinajstić information content (AvgIpc) is 2.79. The highest BCUT2D eigenvalue weighted by Gasteiger charge is 2.31. The first-order chi connectivity index (χ1) is 14.3. The summed E-state index contributed by atoms with van der Waals surface area (Å²) >= 11 is 0. The summed E-state index contributed by atoms with van der Waals surface area (Å²) in [5.74, 6) is 0.656. The Morgan fingerprint density at radius 1 is 0.759 bits per heavy atom. The van der Waals surface area contributed by atoms with Crippen LogP contribution in [0.3, 0.4) is 0 Å².